The summed E-state index contributed by atoms with van der Waals surface area (Å²) in [6.07, 6.45) is 2.47. The third-order valence-corrected chi connectivity index (χ3v) is 4.61. The number of halogens is 1. The molecule has 26 heavy (non-hydrogen) atoms. The van der Waals surface area contributed by atoms with Crippen LogP contribution in [-0.4, -0.2) is 48.9 Å². The van der Waals surface area contributed by atoms with Gasteiger partial charge in [-0.25, -0.2) is 0 Å². The number of benzene rings is 1. The molecule has 1 N–H and O–H groups in total. The van der Waals surface area contributed by atoms with Crippen molar-refractivity contribution in [2.75, 3.05) is 26.2 Å². The maximum Gasteiger partial charge on any atom is 0.310 e. The molecule has 1 heterocycles. The van der Waals surface area contributed by atoms with Crippen molar-refractivity contribution in [3.8, 4) is 0 Å². The average Bonchev–Trinajstić information content (AvgIpc) is 2.65. The normalized spacial score (nSPS) is 16.8. The Balaban J connectivity index is 1.70. The first-order valence-corrected chi connectivity index (χ1v) is 9.37. The van der Waals surface area contributed by atoms with Crippen LogP contribution in [0.1, 0.15) is 43.0 Å². The van der Waals surface area contributed by atoms with Crippen molar-refractivity contribution in [2.24, 2.45) is 5.92 Å². The molecule has 0 bridgehead atoms. The summed E-state index contributed by atoms with van der Waals surface area (Å²) in [4.78, 5) is 37.9. The molecule has 0 aliphatic carbocycles. The monoisotopic (exact) mass is 380 g/mol. The lowest BCUT2D eigenvalue weighted by Crippen LogP contribution is -2.43. The van der Waals surface area contributed by atoms with E-state index in [1.165, 1.54) is 0 Å². The number of carbonyl (C=O) groups is 3. The first-order chi connectivity index (χ1) is 12.5. The summed E-state index contributed by atoms with van der Waals surface area (Å²) in [7, 11) is 0. The fourth-order valence-corrected chi connectivity index (χ4v) is 3.09. The maximum absolute atomic E-state index is 12.3. The molecule has 142 valence electrons. The van der Waals surface area contributed by atoms with E-state index >= 15 is 0 Å². The molecule has 1 saturated heterocycles. The highest BCUT2D eigenvalue weighted by Crippen LogP contribution is 2.19. The minimum atomic E-state index is -0.225. The minimum absolute atomic E-state index is 0.0136. The molecule has 2 rings (SSSR count). The van der Waals surface area contributed by atoms with Crippen LogP contribution in [0.25, 0.3) is 0 Å². The zero-order chi connectivity index (χ0) is 18.9. The number of nitrogens with zero attached hydrogens (tertiary/aromatic N) is 1. The highest BCUT2D eigenvalue weighted by Gasteiger charge is 2.28. The number of rotatable bonds is 7. The summed E-state index contributed by atoms with van der Waals surface area (Å²) < 4.78 is 5.05. The maximum atomic E-state index is 12.3. The number of hydrogen-bond donors (Lipinski definition) is 1. The molecule has 1 aliphatic heterocycles. The Labute approximate surface area is 158 Å². The molecule has 0 spiro atoms. The Morgan fingerprint density at radius 1 is 1.27 bits per heavy atom. The van der Waals surface area contributed by atoms with E-state index in [1.807, 2.05) is 0 Å². The molecule has 1 atom stereocenters. The van der Waals surface area contributed by atoms with E-state index in [4.69, 9.17) is 16.3 Å². The zero-order valence-electron chi connectivity index (χ0n) is 15.0. The molecule has 2 amide bonds. The van der Waals surface area contributed by atoms with E-state index in [1.54, 1.807) is 36.1 Å². The standard InChI is InChI=1S/C19H25ClN2O4/c1-2-26-19(25)15-5-4-12-22(13-15)17(23)6-3-11-21-18(24)14-7-9-16(20)10-8-14/h7-10,15H,2-6,11-13H2,1H3,(H,21,24). The number of esters is 1. The van der Waals surface area contributed by atoms with E-state index in [0.29, 0.717) is 49.7 Å². The van der Waals surface area contributed by atoms with Crippen molar-refractivity contribution in [3.05, 3.63) is 34.9 Å². The van der Waals surface area contributed by atoms with Gasteiger partial charge in [0.15, 0.2) is 0 Å². The topological polar surface area (TPSA) is 75.7 Å². The average molecular weight is 381 g/mol. The van der Waals surface area contributed by atoms with E-state index in [0.717, 1.165) is 12.8 Å². The highest BCUT2D eigenvalue weighted by atomic mass is 35.5. The lowest BCUT2D eigenvalue weighted by atomic mass is 9.98. The molecule has 0 saturated carbocycles. The molecule has 1 aliphatic rings. The summed E-state index contributed by atoms with van der Waals surface area (Å²) in [5, 5.41) is 3.37. The highest BCUT2D eigenvalue weighted by molar-refractivity contribution is 6.30. The van der Waals surface area contributed by atoms with Crippen molar-refractivity contribution in [2.45, 2.75) is 32.6 Å². The van der Waals surface area contributed by atoms with Crippen molar-refractivity contribution in [1.82, 2.24) is 10.2 Å². The molecule has 1 fully saturated rings. The quantitative estimate of drug-likeness (QED) is 0.582. The van der Waals surface area contributed by atoms with Gasteiger partial charge in [0.1, 0.15) is 0 Å². The van der Waals surface area contributed by atoms with Gasteiger partial charge in [-0.05, 0) is 50.5 Å². The molecular formula is C19H25ClN2O4. The molecule has 6 nitrogen and oxygen atoms in total. The van der Waals surface area contributed by atoms with Crippen LogP contribution < -0.4 is 5.32 Å². The number of likely N-dealkylation sites (tertiary alicyclic amines) is 1. The Bertz CT molecular complexity index is 633. The van der Waals surface area contributed by atoms with Gasteiger partial charge in [-0.3, -0.25) is 14.4 Å². The number of amides is 2. The van der Waals surface area contributed by atoms with Gasteiger partial charge in [-0.2, -0.15) is 0 Å². The smallest absolute Gasteiger partial charge is 0.310 e. The molecule has 1 aromatic carbocycles. The Hall–Kier alpha value is -2.08. The third-order valence-electron chi connectivity index (χ3n) is 4.35. The van der Waals surface area contributed by atoms with Gasteiger partial charge in [-0.15, -0.1) is 0 Å². The van der Waals surface area contributed by atoms with Crippen LogP contribution in [0, 0.1) is 5.92 Å². The number of hydrogen-bond acceptors (Lipinski definition) is 4. The minimum Gasteiger partial charge on any atom is -0.466 e. The predicted molar refractivity (Wildman–Crippen MR) is 99.0 cm³/mol. The summed E-state index contributed by atoms with van der Waals surface area (Å²) in [6, 6.07) is 6.64. The van der Waals surface area contributed by atoms with Crippen molar-refractivity contribution in [1.29, 1.82) is 0 Å². The van der Waals surface area contributed by atoms with Gasteiger partial charge >= 0.3 is 5.97 Å². The second-order valence-electron chi connectivity index (χ2n) is 6.30. The summed E-state index contributed by atoms with van der Waals surface area (Å²) in [6.45, 7) is 3.65. The Morgan fingerprint density at radius 3 is 2.69 bits per heavy atom. The van der Waals surface area contributed by atoms with Crippen LogP contribution in [0.4, 0.5) is 0 Å². The summed E-state index contributed by atoms with van der Waals surface area (Å²) in [5.74, 6) is -0.619. The van der Waals surface area contributed by atoms with E-state index in [9.17, 15) is 14.4 Å². The summed E-state index contributed by atoms with van der Waals surface area (Å²) in [5.41, 5.74) is 0.536. The van der Waals surface area contributed by atoms with E-state index < -0.39 is 0 Å². The van der Waals surface area contributed by atoms with E-state index in [2.05, 4.69) is 5.32 Å². The van der Waals surface area contributed by atoms with Crippen molar-refractivity contribution in [3.63, 3.8) is 0 Å². The van der Waals surface area contributed by atoms with Crippen LogP contribution in [-0.2, 0) is 14.3 Å². The molecular weight excluding hydrogens is 356 g/mol. The summed E-state index contributed by atoms with van der Waals surface area (Å²) >= 11 is 5.80. The lowest BCUT2D eigenvalue weighted by Gasteiger charge is -2.31. The van der Waals surface area contributed by atoms with Crippen molar-refractivity contribution >= 4 is 29.4 Å². The first-order valence-electron chi connectivity index (χ1n) is 8.99. The molecule has 7 heteroatoms. The van der Waals surface area contributed by atoms with Gasteiger partial charge in [0.25, 0.3) is 5.91 Å². The lowest BCUT2D eigenvalue weighted by molar-refractivity contribution is -0.151. The van der Waals surface area contributed by atoms with Crippen LogP contribution in [0.3, 0.4) is 0 Å². The first kappa shape index (κ1) is 20.2. The van der Waals surface area contributed by atoms with E-state index in [-0.39, 0.29) is 23.7 Å². The Morgan fingerprint density at radius 2 is 2.00 bits per heavy atom. The van der Waals surface area contributed by atoms with Crippen LogP contribution in [0.15, 0.2) is 24.3 Å². The molecule has 0 aromatic heterocycles. The van der Waals surface area contributed by atoms with Crippen LogP contribution >= 0.6 is 11.6 Å². The van der Waals surface area contributed by atoms with Gasteiger partial charge in [0.05, 0.1) is 12.5 Å². The van der Waals surface area contributed by atoms with Gasteiger partial charge in [-0.1, -0.05) is 11.6 Å². The van der Waals surface area contributed by atoms with Gasteiger partial charge in [0, 0.05) is 36.6 Å². The van der Waals surface area contributed by atoms with Crippen LogP contribution in [0.2, 0.25) is 5.02 Å². The fourth-order valence-electron chi connectivity index (χ4n) is 2.96. The SMILES string of the molecule is CCOC(=O)C1CCCN(C(=O)CCCNC(=O)c2ccc(Cl)cc2)C1. The fraction of sp³-hybridized carbons (Fsp3) is 0.526. The second-order valence-corrected chi connectivity index (χ2v) is 6.73. The van der Waals surface area contributed by atoms with Gasteiger partial charge < -0.3 is 15.0 Å². The van der Waals surface area contributed by atoms with Crippen molar-refractivity contribution < 1.29 is 19.1 Å². The number of nitrogens with one attached hydrogen (secondary N) is 1. The molecule has 1 aromatic rings. The number of ether oxygens (including phenoxy) is 1. The zero-order valence-corrected chi connectivity index (χ0v) is 15.8. The number of piperidine rings is 1. The Kier molecular flexibility index (Phi) is 7.91. The molecule has 0 radical (unpaired) electrons. The largest absolute Gasteiger partial charge is 0.466 e. The van der Waals surface area contributed by atoms with Crippen LogP contribution in [0.5, 0.6) is 0 Å². The second kappa shape index (κ2) is 10.2. The van der Waals surface area contributed by atoms with Gasteiger partial charge in [0.2, 0.25) is 5.91 Å². The molecule has 1 unspecified atom stereocenters. The third kappa shape index (κ3) is 6.02. The predicted octanol–water partition coefficient (Wildman–Crippen LogP) is 2.65. The number of carbonyl (C=O) groups excluding carboxylic acids is 3.